The third-order valence-electron chi connectivity index (χ3n) is 5.87. The lowest BCUT2D eigenvalue weighted by Crippen LogP contribution is -2.40. The summed E-state index contributed by atoms with van der Waals surface area (Å²) in [5.41, 5.74) is 3.19. The highest BCUT2D eigenvalue weighted by Gasteiger charge is 2.35. The van der Waals surface area contributed by atoms with E-state index in [2.05, 4.69) is 0 Å². The second kappa shape index (κ2) is 10.4. The van der Waals surface area contributed by atoms with Gasteiger partial charge >= 0.3 is 0 Å². The molecule has 3 aromatic rings. The average Bonchev–Trinajstić information content (AvgIpc) is 3.18. The molecule has 1 aliphatic heterocycles. The smallest absolute Gasteiger partial charge is 0.254 e. The molecule has 4 rings (SSSR count). The summed E-state index contributed by atoms with van der Waals surface area (Å²) >= 11 is 12.3. The van der Waals surface area contributed by atoms with Crippen molar-refractivity contribution in [3.63, 3.8) is 0 Å². The molecular formula is C26H25Cl2NO4S. The second-order valence-electron chi connectivity index (χ2n) is 8.27. The number of rotatable bonds is 7. The van der Waals surface area contributed by atoms with Crippen molar-refractivity contribution >= 4 is 38.9 Å². The van der Waals surface area contributed by atoms with Crippen LogP contribution >= 0.6 is 23.2 Å². The van der Waals surface area contributed by atoms with E-state index in [4.69, 9.17) is 27.9 Å². The number of ether oxygens (including phenoxy) is 1. The summed E-state index contributed by atoms with van der Waals surface area (Å²) in [7, 11) is -3.15. The molecule has 0 saturated carbocycles. The van der Waals surface area contributed by atoms with Crippen LogP contribution in [0.15, 0.2) is 66.7 Å². The van der Waals surface area contributed by atoms with Crippen molar-refractivity contribution in [2.75, 3.05) is 18.1 Å². The van der Waals surface area contributed by atoms with Crippen LogP contribution in [0, 0.1) is 0 Å². The molecule has 5 nitrogen and oxygen atoms in total. The number of hydrogen-bond donors (Lipinski definition) is 0. The van der Waals surface area contributed by atoms with Crippen molar-refractivity contribution in [2.45, 2.75) is 25.9 Å². The van der Waals surface area contributed by atoms with Crippen molar-refractivity contribution in [3.8, 4) is 16.9 Å². The molecule has 0 aliphatic carbocycles. The quantitative estimate of drug-likeness (QED) is 0.392. The molecule has 0 aromatic heterocycles. The van der Waals surface area contributed by atoms with Gasteiger partial charge < -0.3 is 9.64 Å². The monoisotopic (exact) mass is 517 g/mol. The van der Waals surface area contributed by atoms with Crippen molar-refractivity contribution in [3.05, 3.63) is 87.9 Å². The van der Waals surface area contributed by atoms with E-state index in [9.17, 15) is 13.2 Å². The third kappa shape index (κ3) is 5.74. The van der Waals surface area contributed by atoms with Gasteiger partial charge in [0.25, 0.3) is 5.91 Å². The average molecular weight is 518 g/mol. The topological polar surface area (TPSA) is 63.7 Å². The lowest BCUT2D eigenvalue weighted by Gasteiger charge is -2.29. The summed E-state index contributed by atoms with van der Waals surface area (Å²) in [5, 5.41) is 1.13. The molecule has 1 aliphatic rings. The lowest BCUT2D eigenvalue weighted by molar-refractivity contribution is 0.0681. The Morgan fingerprint density at radius 1 is 1.03 bits per heavy atom. The van der Waals surface area contributed by atoms with E-state index < -0.39 is 9.84 Å². The highest BCUT2D eigenvalue weighted by atomic mass is 35.5. The number of nitrogens with zero attached hydrogens (tertiary/aromatic N) is 1. The van der Waals surface area contributed by atoms with Gasteiger partial charge in [-0.25, -0.2) is 8.42 Å². The largest absolute Gasteiger partial charge is 0.494 e. The molecule has 178 valence electrons. The van der Waals surface area contributed by atoms with Gasteiger partial charge in [-0.1, -0.05) is 53.5 Å². The van der Waals surface area contributed by atoms with E-state index in [-0.39, 0.29) is 23.5 Å². The molecule has 8 heteroatoms. The Kier molecular flexibility index (Phi) is 7.51. The highest BCUT2D eigenvalue weighted by Crippen LogP contribution is 2.31. The first kappa shape index (κ1) is 24.6. The highest BCUT2D eigenvalue weighted by molar-refractivity contribution is 7.91. The van der Waals surface area contributed by atoms with Crippen LogP contribution in [0.25, 0.3) is 11.1 Å². The number of sulfone groups is 1. The van der Waals surface area contributed by atoms with Crippen LogP contribution in [0.1, 0.15) is 29.3 Å². The number of carbonyl (C=O) groups is 1. The fourth-order valence-electron chi connectivity index (χ4n) is 4.12. The van der Waals surface area contributed by atoms with Gasteiger partial charge in [0, 0.05) is 33.8 Å². The Morgan fingerprint density at radius 2 is 1.74 bits per heavy atom. The number of hydrogen-bond acceptors (Lipinski definition) is 4. The molecule has 1 atom stereocenters. The van der Waals surface area contributed by atoms with Crippen LogP contribution in [0.4, 0.5) is 0 Å². The lowest BCUT2D eigenvalue weighted by atomic mass is 10.0. The fraction of sp³-hybridized carbons (Fsp3) is 0.269. The fourth-order valence-corrected chi connectivity index (χ4v) is 6.37. The van der Waals surface area contributed by atoms with Crippen molar-refractivity contribution < 1.29 is 17.9 Å². The Bertz CT molecular complexity index is 1280. The Morgan fingerprint density at radius 3 is 2.32 bits per heavy atom. The van der Waals surface area contributed by atoms with E-state index in [0.29, 0.717) is 40.9 Å². The molecule has 1 amide bonds. The molecule has 0 radical (unpaired) electrons. The Hall–Kier alpha value is -2.54. The van der Waals surface area contributed by atoms with Crippen molar-refractivity contribution in [2.24, 2.45) is 0 Å². The minimum Gasteiger partial charge on any atom is -0.494 e. The normalized spacial score (nSPS) is 16.9. The molecule has 1 fully saturated rings. The van der Waals surface area contributed by atoms with Crippen LogP contribution in [-0.2, 0) is 16.4 Å². The maximum Gasteiger partial charge on any atom is 0.254 e. The van der Waals surface area contributed by atoms with Crippen LogP contribution in [0.5, 0.6) is 5.75 Å². The van der Waals surface area contributed by atoms with E-state index in [0.717, 1.165) is 16.7 Å². The zero-order chi connectivity index (χ0) is 24.3. The molecule has 34 heavy (non-hydrogen) atoms. The van der Waals surface area contributed by atoms with Gasteiger partial charge in [-0.15, -0.1) is 0 Å². The zero-order valence-electron chi connectivity index (χ0n) is 18.7. The van der Waals surface area contributed by atoms with Gasteiger partial charge in [0.15, 0.2) is 9.84 Å². The first-order valence-corrected chi connectivity index (χ1v) is 13.6. The molecule has 1 unspecified atom stereocenters. The van der Waals surface area contributed by atoms with E-state index in [1.807, 2.05) is 37.3 Å². The predicted molar refractivity (Wildman–Crippen MR) is 136 cm³/mol. The first-order valence-electron chi connectivity index (χ1n) is 11.0. The van der Waals surface area contributed by atoms with Crippen molar-refractivity contribution in [1.82, 2.24) is 4.90 Å². The summed E-state index contributed by atoms with van der Waals surface area (Å²) in [6.07, 6.45) is 0.434. The molecule has 0 spiro atoms. The van der Waals surface area contributed by atoms with Crippen molar-refractivity contribution in [1.29, 1.82) is 0 Å². The van der Waals surface area contributed by atoms with Crippen LogP contribution < -0.4 is 4.74 Å². The minimum absolute atomic E-state index is 0.0196. The Labute approximate surface area is 210 Å². The van der Waals surface area contributed by atoms with Gasteiger partial charge in [0.1, 0.15) is 5.75 Å². The summed E-state index contributed by atoms with van der Waals surface area (Å²) in [5.74, 6) is 0.563. The Balaban J connectivity index is 1.58. The van der Waals surface area contributed by atoms with E-state index in [1.165, 1.54) is 0 Å². The van der Waals surface area contributed by atoms with Crippen LogP contribution in [0.3, 0.4) is 0 Å². The standard InChI is InChI=1S/C26H25Cl2NO4S/c1-2-33-23-10-7-20(8-11-23)26(30)29(22-13-14-34(31,32)17-22)16-18-3-5-19(6-4-18)24-12-9-21(27)15-25(24)28/h3-12,15,22H,2,13-14,16-17H2,1H3. The SMILES string of the molecule is CCOc1ccc(C(=O)N(Cc2ccc(-c3ccc(Cl)cc3Cl)cc2)C2CCS(=O)(=O)C2)cc1. The number of carbonyl (C=O) groups excluding carboxylic acids is 1. The summed E-state index contributed by atoms with van der Waals surface area (Å²) in [6, 6.07) is 19.7. The van der Waals surface area contributed by atoms with Gasteiger partial charge in [0.05, 0.1) is 18.1 Å². The molecule has 1 saturated heterocycles. The van der Waals surface area contributed by atoms with Gasteiger partial charge in [-0.3, -0.25) is 4.79 Å². The zero-order valence-corrected chi connectivity index (χ0v) is 21.0. The third-order valence-corrected chi connectivity index (χ3v) is 8.17. The maximum atomic E-state index is 13.4. The number of halogens is 2. The first-order chi connectivity index (χ1) is 16.3. The molecule has 0 bridgehead atoms. The molecule has 0 N–H and O–H groups in total. The van der Waals surface area contributed by atoms with E-state index >= 15 is 0 Å². The second-order valence-corrected chi connectivity index (χ2v) is 11.3. The summed E-state index contributed by atoms with van der Waals surface area (Å²) in [4.78, 5) is 15.1. The number of amides is 1. The molecule has 1 heterocycles. The summed E-state index contributed by atoms with van der Waals surface area (Å²) in [6.45, 7) is 2.74. The summed E-state index contributed by atoms with van der Waals surface area (Å²) < 4.78 is 29.8. The van der Waals surface area contributed by atoms with Crippen LogP contribution in [-0.4, -0.2) is 43.4 Å². The van der Waals surface area contributed by atoms with Gasteiger partial charge in [-0.05, 0) is 60.9 Å². The number of benzene rings is 3. The van der Waals surface area contributed by atoms with E-state index in [1.54, 1.807) is 41.3 Å². The minimum atomic E-state index is -3.15. The van der Waals surface area contributed by atoms with Gasteiger partial charge in [0.2, 0.25) is 0 Å². The molecule has 3 aromatic carbocycles. The maximum absolute atomic E-state index is 13.4. The predicted octanol–water partition coefficient (Wildman–Crippen LogP) is 5.89. The van der Waals surface area contributed by atoms with Gasteiger partial charge in [-0.2, -0.15) is 0 Å². The van der Waals surface area contributed by atoms with Crippen LogP contribution in [0.2, 0.25) is 10.0 Å². The molecular weight excluding hydrogens is 493 g/mol.